The minimum atomic E-state index is -0.667. The zero-order chi connectivity index (χ0) is 43.7. The van der Waals surface area contributed by atoms with Crippen molar-refractivity contribution in [3.8, 4) is 11.1 Å². The largest absolute Gasteiger partial charge is 0.399 e. The van der Waals surface area contributed by atoms with Crippen LogP contribution in [-0.2, 0) is 11.8 Å². The van der Waals surface area contributed by atoms with Crippen LogP contribution >= 0.6 is 0 Å². The molecule has 1 atom stereocenters. The minimum absolute atomic E-state index is 0.511. The summed E-state index contributed by atoms with van der Waals surface area (Å²) in [7, 11) is 0. The van der Waals surface area contributed by atoms with Crippen molar-refractivity contribution < 1.29 is 0 Å². The number of fused-ring (bicyclic) bond motifs is 1. The van der Waals surface area contributed by atoms with Crippen molar-refractivity contribution in [2.45, 2.75) is 24.7 Å². The van der Waals surface area contributed by atoms with E-state index < -0.39 is 5.41 Å². The van der Waals surface area contributed by atoms with Gasteiger partial charge >= 0.3 is 0 Å². The van der Waals surface area contributed by atoms with Crippen LogP contribution in [0.1, 0.15) is 40.7 Å². The molecule has 2 aliphatic rings. The number of rotatable bonds is 12. The average molecular weight is 814 g/mol. The smallest absolute Gasteiger partial charge is 0.0488 e. The van der Waals surface area contributed by atoms with Gasteiger partial charge in [0.25, 0.3) is 0 Å². The lowest BCUT2D eigenvalue weighted by Gasteiger charge is -2.39. The molecule has 5 aromatic carbocycles. The monoisotopic (exact) mass is 813 g/mol. The predicted octanol–water partition coefficient (Wildman–Crippen LogP) is 13.8. The van der Waals surface area contributed by atoms with Crippen molar-refractivity contribution in [1.82, 2.24) is 0 Å². The second-order valence-corrected chi connectivity index (χ2v) is 15.7. The summed E-state index contributed by atoms with van der Waals surface area (Å²) in [6.07, 6.45) is 44.7. The zero-order valence-corrected chi connectivity index (χ0v) is 36.0. The van der Waals surface area contributed by atoms with Crippen LogP contribution in [-0.4, -0.2) is 0 Å². The van der Waals surface area contributed by atoms with Gasteiger partial charge in [0.2, 0.25) is 0 Å². The maximum absolute atomic E-state index is 5.92. The second-order valence-electron chi connectivity index (χ2n) is 15.7. The summed E-state index contributed by atoms with van der Waals surface area (Å²) < 4.78 is 0. The van der Waals surface area contributed by atoms with Gasteiger partial charge in [-0.15, -0.1) is 0 Å². The molecule has 0 amide bonds. The van der Waals surface area contributed by atoms with E-state index in [1.165, 1.54) is 44.2 Å². The third kappa shape index (κ3) is 11.2. The summed E-state index contributed by atoms with van der Waals surface area (Å²) in [5.74, 6) is 0. The van der Waals surface area contributed by atoms with E-state index in [9.17, 15) is 0 Å². The first-order valence-corrected chi connectivity index (χ1v) is 21.6. The molecule has 0 saturated heterocycles. The molecule has 1 unspecified atom stereocenters. The van der Waals surface area contributed by atoms with E-state index in [0.717, 1.165) is 40.3 Å². The van der Waals surface area contributed by atoms with Crippen LogP contribution in [0, 0.1) is 0 Å². The van der Waals surface area contributed by atoms with Crippen molar-refractivity contribution in [2.24, 2.45) is 5.73 Å². The van der Waals surface area contributed by atoms with Gasteiger partial charge in [0, 0.05) is 11.1 Å². The molecule has 0 bridgehead atoms. The normalized spacial score (nSPS) is 21.8. The molecule has 308 valence electrons. The van der Waals surface area contributed by atoms with Gasteiger partial charge in [-0.2, -0.15) is 0 Å². The fourth-order valence-electron chi connectivity index (χ4n) is 8.32. The van der Waals surface area contributed by atoms with Crippen molar-refractivity contribution in [3.63, 3.8) is 0 Å². The Bertz CT molecular complexity index is 2890. The summed E-state index contributed by atoms with van der Waals surface area (Å²) in [6.45, 7) is 12.7. The van der Waals surface area contributed by atoms with E-state index >= 15 is 0 Å². The SMILES string of the molecule is C=C/C=C\C=C/c1ccccc1C1(C/C=C\C=C/C(=C)N)C(=C)/C=c2/cccc/c2=C/CC2=C1/C=C/C=C/C=C(c1cccc(Cc3ccc(-c4ccccc4)cc3)c1)\C=C/C=C\2. The van der Waals surface area contributed by atoms with Crippen molar-refractivity contribution >= 4 is 23.8 Å². The lowest BCUT2D eigenvalue weighted by molar-refractivity contribution is 0.626. The van der Waals surface area contributed by atoms with E-state index in [4.69, 9.17) is 12.3 Å². The molecule has 0 aromatic heterocycles. The molecule has 0 radical (unpaired) electrons. The third-order valence-corrected chi connectivity index (χ3v) is 11.4. The van der Waals surface area contributed by atoms with Crippen LogP contribution < -0.4 is 16.2 Å². The van der Waals surface area contributed by atoms with Gasteiger partial charge < -0.3 is 5.73 Å². The molecular weight excluding hydrogens is 759 g/mol. The first-order chi connectivity index (χ1) is 30.9. The van der Waals surface area contributed by atoms with Gasteiger partial charge in [-0.25, -0.2) is 0 Å². The molecular formula is C62H55N. The third-order valence-electron chi connectivity index (χ3n) is 11.4. The second kappa shape index (κ2) is 21.7. The van der Waals surface area contributed by atoms with Crippen LogP contribution in [0.25, 0.3) is 34.9 Å². The summed E-state index contributed by atoms with van der Waals surface area (Å²) in [6, 6.07) is 45.6. The highest BCUT2D eigenvalue weighted by Crippen LogP contribution is 2.47. The highest BCUT2D eigenvalue weighted by atomic mass is 14.5. The number of benzene rings is 5. The van der Waals surface area contributed by atoms with Gasteiger partial charge in [0.15, 0.2) is 0 Å². The Morgan fingerprint density at radius 2 is 1.37 bits per heavy atom. The molecule has 1 heteroatoms. The molecule has 7 rings (SSSR count). The average Bonchev–Trinajstić information content (AvgIpc) is 3.34. The van der Waals surface area contributed by atoms with Gasteiger partial charge in [-0.1, -0.05) is 263 Å². The van der Waals surface area contributed by atoms with E-state index in [-0.39, 0.29) is 0 Å². The quantitative estimate of drug-likeness (QED) is 0.125. The maximum atomic E-state index is 5.92. The predicted molar refractivity (Wildman–Crippen MR) is 274 cm³/mol. The van der Waals surface area contributed by atoms with E-state index in [1.807, 2.05) is 24.3 Å². The molecule has 2 N–H and O–H groups in total. The Hall–Kier alpha value is -7.74. The van der Waals surface area contributed by atoms with Crippen LogP contribution in [0.4, 0.5) is 0 Å². The highest BCUT2D eigenvalue weighted by Gasteiger charge is 2.39. The lowest BCUT2D eigenvalue weighted by atomic mass is 9.63. The number of hydrogen-bond donors (Lipinski definition) is 1. The molecule has 0 fully saturated rings. The van der Waals surface area contributed by atoms with Crippen LogP contribution in [0.15, 0.2) is 273 Å². The summed E-state index contributed by atoms with van der Waals surface area (Å²) in [4.78, 5) is 0. The summed E-state index contributed by atoms with van der Waals surface area (Å²) in [5.41, 5.74) is 18.7. The minimum Gasteiger partial charge on any atom is -0.399 e. The zero-order valence-electron chi connectivity index (χ0n) is 36.0. The molecule has 0 saturated carbocycles. The van der Waals surface area contributed by atoms with E-state index in [1.54, 1.807) is 6.08 Å². The van der Waals surface area contributed by atoms with Crippen molar-refractivity contribution in [2.75, 3.05) is 0 Å². The van der Waals surface area contributed by atoms with Gasteiger partial charge in [0.1, 0.15) is 0 Å². The van der Waals surface area contributed by atoms with Gasteiger partial charge in [-0.3, -0.25) is 0 Å². The molecule has 63 heavy (non-hydrogen) atoms. The Balaban J connectivity index is 1.31. The van der Waals surface area contributed by atoms with E-state index in [2.05, 4.69) is 232 Å². The Morgan fingerprint density at radius 1 is 0.635 bits per heavy atom. The standard InChI is InChI=1S/C62H55N/c1-4-5-6-11-31-56-32-20-21-37-60(56)62(44-22-9-10-24-49(3)63)48(2)45-58-34-19-17-30-54(58)42-43-57-33-18-16-29-53(28-14-8-15-36-61(57)62)59-35-23-25-51(47-59)46-50-38-40-55(41-39-50)52-26-12-7-13-27-52/h4-42,45,47H,1-3,43-44,46,63H2/b6-5-,14-8+,15-8?,18-16?,22-9-,24-10-,28-14?,29-16-,31-11-,33-18-,36-15+,53-28+,53-29?,54-42-,57-33?,58-45-,61-36?,61-57-. The van der Waals surface area contributed by atoms with Crippen molar-refractivity contribution in [3.05, 3.63) is 311 Å². The van der Waals surface area contributed by atoms with Crippen LogP contribution in [0.2, 0.25) is 0 Å². The molecule has 5 aromatic rings. The summed E-state index contributed by atoms with van der Waals surface area (Å²) in [5, 5.41) is 2.32. The Kier molecular flexibility index (Phi) is 14.9. The first kappa shape index (κ1) is 43.4. The molecule has 0 spiro atoms. The van der Waals surface area contributed by atoms with Crippen LogP contribution in [0.3, 0.4) is 0 Å². The van der Waals surface area contributed by atoms with Crippen molar-refractivity contribution in [1.29, 1.82) is 0 Å². The molecule has 0 heterocycles. The topological polar surface area (TPSA) is 26.0 Å². The summed E-state index contributed by atoms with van der Waals surface area (Å²) >= 11 is 0. The first-order valence-electron chi connectivity index (χ1n) is 21.6. The van der Waals surface area contributed by atoms with Gasteiger partial charge in [0.05, 0.1) is 0 Å². The number of nitrogens with two attached hydrogens (primary N) is 1. The highest BCUT2D eigenvalue weighted by molar-refractivity contribution is 5.76. The Labute approximate surface area is 374 Å². The van der Waals surface area contributed by atoms with Crippen LogP contribution in [0.5, 0.6) is 0 Å². The van der Waals surface area contributed by atoms with E-state index in [0.29, 0.717) is 12.1 Å². The number of allylic oxidation sites excluding steroid dienone is 21. The number of hydrogen-bond acceptors (Lipinski definition) is 1. The fraction of sp³-hybridized carbons (Fsp3) is 0.0645. The molecule has 0 aliphatic heterocycles. The molecule has 2 aliphatic carbocycles. The molecule has 1 nitrogen and oxygen atoms in total. The fourth-order valence-corrected chi connectivity index (χ4v) is 8.32. The van der Waals surface area contributed by atoms with Gasteiger partial charge in [-0.05, 0) is 97.0 Å². The Morgan fingerprint density at radius 3 is 2.19 bits per heavy atom. The lowest BCUT2D eigenvalue weighted by Crippen LogP contribution is -2.32. The maximum Gasteiger partial charge on any atom is 0.0488 e.